The van der Waals surface area contributed by atoms with E-state index >= 15 is 0 Å². The van der Waals surface area contributed by atoms with Gasteiger partial charge in [-0.3, -0.25) is 10.3 Å². The van der Waals surface area contributed by atoms with Gasteiger partial charge < -0.3 is 15.6 Å². The zero-order valence-corrected chi connectivity index (χ0v) is 21.2. The highest BCUT2D eigenvalue weighted by Crippen LogP contribution is 2.36. The number of nitrogens with zero attached hydrogens (tertiary/aromatic N) is 1. The van der Waals surface area contributed by atoms with Gasteiger partial charge in [-0.1, -0.05) is 49.7 Å². The highest BCUT2D eigenvalue weighted by Gasteiger charge is 2.22. The van der Waals surface area contributed by atoms with Crippen LogP contribution in [-0.2, 0) is 13.0 Å². The molecule has 0 saturated heterocycles. The summed E-state index contributed by atoms with van der Waals surface area (Å²) in [6, 6.07) is 11.2. The van der Waals surface area contributed by atoms with Gasteiger partial charge in [0, 0.05) is 23.4 Å². The lowest BCUT2D eigenvalue weighted by Gasteiger charge is -2.21. The lowest BCUT2D eigenvalue weighted by molar-refractivity contribution is 0.0695. The minimum absolute atomic E-state index is 0.0834. The Kier molecular flexibility index (Phi) is 7.92. The molecular formula is C28H33N3O4. The van der Waals surface area contributed by atoms with E-state index in [0.717, 1.165) is 34.4 Å². The molecule has 3 rings (SSSR count). The number of rotatable bonds is 7. The van der Waals surface area contributed by atoms with Crippen LogP contribution in [0.3, 0.4) is 0 Å². The zero-order valence-electron chi connectivity index (χ0n) is 21.2. The first kappa shape index (κ1) is 25.9. The molecular weight excluding hydrogens is 442 g/mol. The normalized spacial score (nSPS) is 11.0. The first-order valence-electron chi connectivity index (χ1n) is 11.6. The number of aryl methyl sites for hydroxylation is 3. The largest absolute Gasteiger partial charge is 0.478 e. The second kappa shape index (κ2) is 10.7. The molecule has 0 bridgehead atoms. The Labute approximate surface area is 206 Å². The number of pyridine rings is 1. The van der Waals surface area contributed by atoms with Gasteiger partial charge in [-0.2, -0.15) is 0 Å². The number of amides is 1. The van der Waals surface area contributed by atoms with E-state index in [4.69, 9.17) is 15.5 Å². The van der Waals surface area contributed by atoms with Crippen molar-refractivity contribution in [1.82, 2.24) is 4.98 Å². The standard InChI is InChI=1S/C28H33N3O4/c1-15(2)13-23-22(14-29)24(20-10-7-16(3)8-11-20)25(19(6)30-23)31-28(34)35-26-17(4)9-12-21(18(26)5)27(32)33/h7-12,15H,13-14,29H2,1-6H3,(H,31,34)(H,32,33). The van der Waals surface area contributed by atoms with Crippen LogP contribution in [0, 0.1) is 33.6 Å². The third-order valence-electron chi connectivity index (χ3n) is 5.97. The Hall–Kier alpha value is -3.71. The molecule has 1 amide bonds. The highest BCUT2D eigenvalue weighted by atomic mass is 16.6. The number of carboxylic acid groups (broad SMARTS) is 1. The van der Waals surface area contributed by atoms with Crippen molar-refractivity contribution in [3.63, 3.8) is 0 Å². The van der Waals surface area contributed by atoms with Crippen LogP contribution in [0.2, 0.25) is 0 Å². The van der Waals surface area contributed by atoms with E-state index in [1.54, 1.807) is 19.9 Å². The molecule has 0 atom stereocenters. The first-order valence-corrected chi connectivity index (χ1v) is 11.6. The first-order chi connectivity index (χ1) is 16.5. The SMILES string of the molecule is Cc1ccc(-c2c(CN)c(CC(C)C)nc(C)c2NC(=O)Oc2c(C)ccc(C(=O)O)c2C)cc1. The van der Waals surface area contributed by atoms with Crippen molar-refractivity contribution in [3.8, 4) is 16.9 Å². The fourth-order valence-corrected chi connectivity index (χ4v) is 4.21. The van der Waals surface area contributed by atoms with Crippen molar-refractivity contribution < 1.29 is 19.4 Å². The molecule has 0 spiro atoms. The van der Waals surface area contributed by atoms with Crippen LogP contribution in [0.4, 0.5) is 10.5 Å². The smallest absolute Gasteiger partial charge is 0.417 e. The molecule has 0 unspecified atom stereocenters. The molecule has 4 N–H and O–H groups in total. The summed E-state index contributed by atoms with van der Waals surface area (Å²) >= 11 is 0. The Balaban J connectivity index is 2.09. The van der Waals surface area contributed by atoms with Crippen LogP contribution in [-0.4, -0.2) is 22.2 Å². The molecule has 7 heteroatoms. The Morgan fingerprint density at radius 1 is 1.06 bits per heavy atom. The minimum Gasteiger partial charge on any atom is -0.478 e. The third-order valence-corrected chi connectivity index (χ3v) is 5.97. The van der Waals surface area contributed by atoms with Crippen LogP contribution in [0.1, 0.15) is 57.8 Å². The number of ether oxygens (including phenoxy) is 1. The summed E-state index contributed by atoms with van der Waals surface area (Å²) in [4.78, 5) is 29.4. The van der Waals surface area contributed by atoms with E-state index in [2.05, 4.69) is 19.2 Å². The van der Waals surface area contributed by atoms with Crippen LogP contribution >= 0.6 is 0 Å². The Bertz CT molecular complexity index is 1260. The third kappa shape index (κ3) is 5.69. The number of carbonyl (C=O) groups is 2. The molecule has 0 aliphatic carbocycles. The summed E-state index contributed by atoms with van der Waals surface area (Å²) in [6.07, 6.45) is 0.0359. The molecule has 0 saturated carbocycles. The quantitative estimate of drug-likeness (QED) is 0.389. The summed E-state index contributed by atoms with van der Waals surface area (Å²) in [7, 11) is 0. The lowest BCUT2D eigenvalue weighted by atomic mass is 9.92. The fraction of sp³-hybridized carbons (Fsp3) is 0.321. The molecule has 0 radical (unpaired) electrons. The van der Waals surface area contributed by atoms with Gasteiger partial charge in [0.2, 0.25) is 0 Å². The van der Waals surface area contributed by atoms with Crippen molar-refractivity contribution in [1.29, 1.82) is 0 Å². The van der Waals surface area contributed by atoms with Crippen molar-refractivity contribution >= 4 is 17.7 Å². The number of carboxylic acids is 1. The monoisotopic (exact) mass is 475 g/mol. The Morgan fingerprint density at radius 3 is 2.29 bits per heavy atom. The average Bonchev–Trinajstić information content (AvgIpc) is 2.78. The average molecular weight is 476 g/mol. The molecule has 0 aliphatic rings. The fourth-order valence-electron chi connectivity index (χ4n) is 4.21. The number of benzene rings is 2. The van der Waals surface area contributed by atoms with Crippen molar-refractivity contribution in [2.75, 3.05) is 5.32 Å². The number of aromatic nitrogens is 1. The van der Waals surface area contributed by atoms with Crippen LogP contribution in [0.25, 0.3) is 11.1 Å². The maximum absolute atomic E-state index is 13.1. The van der Waals surface area contributed by atoms with E-state index in [1.807, 2.05) is 38.1 Å². The number of aromatic carboxylic acids is 1. The predicted octanol–water partition coefficient (Wildman–Crippen LogP) is 5.95. The number of anilines is 1. The molecule has 184 valence electrons. The number of carbonyl (C=O) groups excluding carboxylic acids is 1. The van der Waals surface area contributed by atoms with E-state index < -0.39 is 12.1 Å². The van der Waals surface area contributed by atoms with E-state index in [9.17, 15) is 14.7 Å². The van der Waals surface area contributed by atoms with Gasteiger partial charge in [0.15, 0.2) is 0 Å². The summed E-state index contributed by atoms with van der Waals surface area (Å²) in [5, 5.41) is 12.3. The second-order valence-corrected chi connectivity index (χ2v) is 9.24. The number of nitrogens with two attached hydrogens (primary N) is 1. The summed E-state index contributed by atoms with van der Waals surface area (Å²) in [5.74, 6) is -0.475. The van der Waals surface area contributed by atoms with Gasteiger partial charge in [0.1, 0.15) is 5.75 Å². The minimum atomic E-state index is -1.08. The topological polar surface area (TPSA) is 115 Å². The second-order valence-electron chi connectivity index (χ2n) is 9.24. The molecule has 0 fully saturated rings. The Morgan fingerprint density at radius 2 is 1.71 bits per heavy atom. The van der Waals surface area contributed by atoms with Crippen LogP contribution in [0.15, 0.2) is 36.4 Å². The van der Waals surface area contributed by atoms with Gasteiger partial charge in [-0.25, -0.2) is 9.59 Å². The zero-order chi connectivity index (χ0) is 25.9. The molecule has 1 aromatic heterocycles. The van der Waals surface area contributed by atoms with Crippen molar-refractivity contribution in [2.24, 2.45) is 11.7 Å². The molecule has 7 nitrogen and oxygen atoms in total. The van der Waals surface area contributed by atoms with Gasteiger partial charge in [0.25, 0.3) is 0 Å². The van der Waals surface area contributed by atoms with Gasteiger partial charge in [-0.15, -0.1) is 0 Å². The number of nitrogens with one attached hydrogen (secondary N) is 1. The van der Waals surface area contributed by atoms with E-state index in [1.165, 1.54) is 6.07 Å². The summed E-state index contributed by atoms with van der Waals surface area (Å²) in [6.45, 7) is 11.8. The van der Waals surface area contributed by atoms with E-state index in [0.29, 0.717) is 28.4 Å². The van der Waals surface area contributed by atoms with E-state index in [-0.39, 0.29) is 17.9 Å². The number of hydrogen-bond donors (Lipinski definition) is 3. The van der Waals surface area contributed by atoms with Crippen LogP contribution < -0.4 is 15.8 Å². The number of hydrogen-bond acceptors (Lipinski definition) is 5. The van der Waals surface area contributed by atoms with Crippen molar-refractivity contribution in [3.05, 3.63) is 75.6 Å². The van der Waals surface area contributed by atoms with Gasteiger partial charge in [0.05, 0.1) is 16.9 Å². The predicted molar refractivity (Wildman–Crippen MR) is 138 cm³/mol. The molecule has 0 aliphatic heterocycles. The lowest BCUT2D eigenvalue weighted by Crippen LogP contribution is -2.21. The maximum Gasteiger partial charge on any atom is 0.417 e. The maximum atomic E-state index is 13.1. The van der Waals surface area contributed by atoms with Gasteiger partial charge in [-0.05, 0) is 62.8 Å². The molecule has 3 aromatic rings. The molecule has 35 heavy (non-hydrogen) atoms. The van der Waals surface area contributed by atoms with Gasteiger partial charge >= 0.3 is 12.1 Å². The highest BCUT2D eigenvalue weighted by molar-refractivity contribution is 5.96. The molecule has 1 heterocycles. The summed E-state index contributed by atoms with van der Waals surface area (Å²) in [5.41, 5.74) is 13.2. The van der Waals surface area contributed by atoms with Crippen LogP contribution in [0.5, 0.6) is 5.75 Å². The molecule has 2 aromatic carbocycles. The van der Waals surface area contributed by atoms with Crippen molar-refractivity contribution in [2.45, 2.75) is 54.5 Å². The summed E-state index contributed by atoms with van der Waals surface area (Å²) < 4.78 is 5.63.